The Morgan fingerprint density at radius 1 is 1.15 bits per heavy atom. The molecule has 112 valence electrons. The van der Waals surface area contributed by atoms with Crippen molar-refractivity contribution in [1.29, 1.82) is 0 Å². The van der Waals surface area contributed by atoms with Gasteiger partial charge in [-0.15, -0.1) is 0 Å². The third kappa shape index (κ3) is 6.66. The molecule has 20 heavy (non-hydrogen) atoms. The summed E-state index contributed by atoms with van der Waals surface area (Å²) in [5.41, 5.74) is 1.22. The van der Waals surface area contributed by atoms with E-state index in [0.717, 1.165) is 26.1 Å². The van der Waals surface area contributed by atoms with E-state index < -0.39 is 0 Å². The minimum absolute atomic E-state index is 0.224. The predicted molar refractivity (Wildman–Crippen MR) is 82.6 cm³/mol. The fraction of sp³-hybridized carbons (Fsp3) is 0.625. The van der Waals surface area contributed by atoms with Gasteiger partial charge in [-0.2, -0.15) is 0 Å². The third-order valence-electron chi connectivity index (χ3n) is 3.51. The van der Waals surface area contributed by atoms with Crippen LogP contribution < -0.4 is 0 Å². The van der Waals surface area contributed by atoms with Gasteiger partial charge >= 0.3 is 0 Å². The van der Waals surface area contributed by atoms with Gasteiger partial charge in [0.2, 0.25) is 5.91 Å². The van der Waals surface area contributed by atoms with Crippen LogP contribution in [0.1, 0.15) is 31.7 Å². The Labute approximate surface area is 122 Å². The number of pyridine rings is 1. The number of unbranched alkanes of at least 4 members (excludes halogenated alkanes) is 1. The van der Waals surface area contributed by atoms with E-state index in [2.05, 4.69) is 23.9 Å². The highest BCUT2D eigenvalue weighted by Crippen LogP contribution is 2.01. The number of hydrogen-bond donors (Lipinski definition) is 0. The second-order valence-electron chi connectivity index (χ2n) is 5.33. The van der Waals surface area contributed by atoms with E-state index in [1.54, 1.807) is 12.4 Å². The molecule has 4 nitrogen and oxygen atoms in total. The van der Waals surface area contributed by atoms with Crippen LogP contribution in [-0.2, 0) is 11.2 Å². The summed E-state index contributed by atoms with van der Waals surface area (Å²) in [7, 11) is 3.97. The van der Waals surface area contributed by atoms with Crippen LogP contribution in [0.3, 0.4) is 0 Å². The van der Waals surface area contributed by atoms with Gasteiger partial charge in [-0.25, -0.2) is 0 Å². The maximum absolute atomic E-state index is 12.0. The first-order chi connectivity index (χ1) is 9.63. The number of nitrogens with zero attached hydrogens (tertiary/aromatic N) is 3. The van der Waals surface area contributed by atoms with Gasteiger partial charge in [0.15, 0.2) is 0 Å². The highest BCUT2D eigenvalue weighted by molar-refractivity contribution is 5.76. The maximum atomic E-state index is 12.0. The van der Waals surface area contributed by atoms with Crippen molar-refractivity contribution in [3.8, 4) is 0 Å². The summed E-state index contributed by atoms with van der Waals surface area (Å²) in [6.07, 6.45) is 7.47. The lowest BCUT2D eigenvalue weighted by atomic mass is 10.2. The summed E-state index contributed by atoms with van der Waals surface area (Å²) >= 11 is 0. The molecule has 0 aromatic carbocycles. The Hall–Kier alpha value is -1.42. The van der Waals surface area contributed by atoms with Crippen LogP contribution in [0, 0.1) is 0 Å². The summed E-state index contributed by atoms with van der Waals surface area (Å²) in [6.45, 7) is 4.87. The average Bonchev–Trinajstić information content (AvgIpc) is 2.49. The van der Waals surface area contributed by atoms with E-state index in [0.29, 0.717) is 6.42 Å². The molecule has 0 aliphatic rings. The lowest BCUT2D eigenvalue weighted by Crippen LogP contribution is -2.32. The zero-order chi connectivity index (χ0) is 14.8. The van der Waals surface area contributed by atoms with Gasteiger partial charge in [0.05, 0.1) is 0 Å². The van der Waals surface area contributed by atoms with Crippen LogP contribution in [0.5, 0.6) is 0 Å². The van der Waals surface area contributed by atoms with Crippen molar-refractivity contribution in [3.05, 3.63) is 30.1 Å². The van der Waals surface area contributed by atoms with Gasteiger partial charge in [0.1, 0.15) is 0 Å². The summed E-state index contributed by atoms with van der Waals surface area (Å²) in [5.74, 6) is 0.224. The Bertz CT molecular complexity index is 381. The predicted octanol–water partition coefficient (Wildman–Crippen LogP) is 2.20. The second kappa shape index (κ2) is 9.48. The molecule has 0 N–H and O–H groups in total. The molecule has 0 spiro atoms. The molecule has 0 aliphatic carbocycles. The van der Waals surface area contributed by atoms with Crippen molar-refractivity contribution in [2.45, 2.75) is 32.6 Å². The minimum atomic E-state index is 0.224. The molecule has 1 aromatic rings. The molecule has 0 aliphatic heterocycles. The van der Waals surface area contributed by atoms with E-state index in [4.69, 9.17) is 0 Å². The molecular weight excluding hydrogens is 250 g/mol. The molecule has 0 fully saturated rings. The van der Waals surface area contributed by atoms with E-state index in [9.17, 15) is 4.79 Å². The van der Waals surface area contributed by atoms with Crippen molar-refractivity contribution in [1.82, 2.24) is 14.8 Å². The molecule has 1 heterocycles. The molecule has 0 bridgehead atoms. The molecule has 0 unspecified atom stereocenters. The fourth-order valence-electron chi connectivity index (χ4n) is 1.99. The van der Waals surface area contributed by atoms with Crippen LogP contribution >= 0.6 is 0 Å². The standard InChI is InChI=1S/C16H27N3O/c1-4-5-12-18(2)13-9-16(20)19(3)14-8-15-6-10-17-11-7-15/h6-7,10-11H,4-5,8-9,12-14H2,1-3H3. The van der Waals surface area contributed by atoms with Crippen molar-refractivity contribution in [2.24, 2.45) is 0 Å². The molecule has 1 amide bonds. The quantitative estimate of drug-likeness (QED) is 0.694. The van der Waals surface area contributed by atoms with E-state index in [1.165, 1.54) is 18.4 Å². The second-order valence-corrected chi connectivity index (χ2v) is 5.33. The summed E-state index contributed by atoms with van der Waals surface area (Å²) < 4.78 is 0. The lowest BCUT2D eigenvalue weighted by Gasteiger charge is -2.20. The third-order valence-corrected chi connectivity index (χ3v) is 3.51. The molecule has 0 saturated carbocycles. The summed E-state index contributed by atoms with van der Waals surface area (Å²) in [4.78, 5) is 20.1. The maximum Gasteiger partial charge on any atom is 0.223 e. The van der Waals surface area contributed by atoms with Gasteiger partial charge < -0.3 is 9.80 Å². The molecular formula is C16H27N3O. The molecule has 4 heteroatoms. The number of carbonyl (C=O) groups is 1. The number of hydrogen-bond acceptors (Lipinski definition) is 3. The largest absolute Gasteiger partial charge is 0.345 e. The molecule has 0 radical (unpaired) electrons. The number of aromatic nitrogens is 1. The van der Waals surface area contributed by atoms with Crippen LogP contribution in [0.25, 0.3) is 0 Å². The topological polar surface area (TPSA) is 36.4 Å². The molecule has 0 atom stereocenters. The van der Waals surface area contributed by atoms with Gasteiger partial charge in [-0.3, -0.25) is 9.78 Å². The fourth-order valence-corrected chi connectivity index (χ4v) is 1.99. The highest BCUT2D eigenvalue weighted by Gasteiger charge is 2.09. The minimum Gasteiger partial charge on any atom is -0.345 e. The van der Waals surface area contributed by atoms with Crippen molar-refractivity contribution in [2.75, 3.05) is 33.7 Å². The first-order valence-corrected chi connectivity index (χ1v) is 7.45. The number of likely N-dealkylation sites (N-methyl/N-ethyl adjacent to an activating group) is 1. The zero-order valence-corrected chi connectivity index (χ0v) is 13.0. The normalized spacial score (nSPS) is 10.8. The van der Waals surface area contributed by atoms with E-state index in [1.807, 2.05) is 24.1 Å². The van der Waals surface area contributed by atoms with Gasteiger partial charge in [-0.1, -0.05) is 13.3 Å². The van der Waals surface area contributed by atoms with Crippen molar-refractivity contribution in [3.63, 3.8) is 0 Å². The monoisotopic (exact) mass is 277 g/mol. The van der Waals surface area contributed by atoms with Crippen LogP contribution in [0.15, 0.2) is 24.5 Å². The summed E-state index contributed by atoms with van der Waals surface area (Å²) in [6, 6.07) is 3.99. The Kier molecular flexibility index (Phi) is 7.88. The van der Waals surface area contributed by atoms with Crippen LogP contribution in [0.2, 0.25) is 0 Å². The Balaban J connectivity index is 2.22. The number of rotatable bonds is 9. The first-order valence-electron chi connectivity index (χ1n) is 7.45. The van der Waals surface area contributed by atoms with Gasteiger partial charge in [-0.05, 0) is 44.1 Å². The van der Waals surface area contributed by atoms with Crippen LogP contribution in [-0.4, -0.2) is 54.4 Å². The van der Waals surface area contributed by atoms with Crippen molar-refractivity contribution < 1.29 is 4.79 Å². The van der Waals surface area contributed by atoms with Crippen LogP contribution in [0.4, 0.5) is 0 Å². The average molecular weight is 277 g/mol. The smallest absolute Gasteiger partial charge is 0.223 e. The van der Waals surface area contributed by atoms with E-state index >= 15 is 0 Å². The number of amides is 1. The Morgan fingerprint density at radius 3 is 2.50 bits per heavy atom. The number of carbonyl (C=O) groups excluding carboxylic acids is 1. The highest BCUT2D eigenvalue weighted by atomic mass is 16.2. The first kappa shape index (κ1) is 16.6. The molecule has 0 saturated heterocycles. The van der Waals surface area contributed by atoms with Crippen molar-refractivity contribution >= 4 is 5.91 Å². The van der Waals surface area contributed by atoms with E-state index in [-0.39, 0.29) is 5.91 Å². The summed E-state index contributed by atoms with van der Waals surface area (Å²) in [5, 5.41) is 0. The van der Waals surface area contributed by atoms with Gasteiger partial charge in [0, 0.05) is 39.0 Å². The SMILES string of the molecule is CCCCN(C)CCC(=O)N(C)CCc1ccncc1. The lowest BCUT2D eigenvalue weighted by molar-refractivity contribution is -0.130. The molecule has 1 rings (SSSR count). The zero-order valence-electron chi connectivity index (χ0n) is 13.0. The van der Waals surface area contributed by atoms with Gasteiger partial charge in [0.25, 0.3) is 0 Å². The molecule has 1 aromatic heterocycles. The Morgan fingerprint density at radius 2 is 1.85 bits per heavy atom.